The first-order chi connectivity index (χ1) is 13.6. The lowest BCUT2D eigenvalue weighted by Gasteiger charge is -2.27. The van der Waals surface area contributed by atoms with Crippen LogP contribution >= 0.6 is 11.3 Å². The van der Waals surface area contributed by atoms with Crippen LogP contribution in [0.3, 0.4) is 0 Å². The maximum absolute atomic E-state index is 13.4. The number of aryl methyl sites for hydroxylation is 1. The maximum Gasteiger partial charge on any atom is 0.355 e. The number of hydrogen-bond acceptors (Lipinski definition) is 8. The van der Waals surface area contributed by atoms with Crippen molar-refractivity contribution in [3.8, 4) is 0 Å². The predicted molar refractivity (Wildman–Crippen MR) is 103 cm³/mol. The standard InChI is InChI=1S/C19H17N5O3S/c1-3-11-6-8-12(9-7-11)16-14(17(25)13-5-4-10-28-13)15(18(26)27-2)20-19-21-22-23-24(16)19/h4-10,16H,3H2,1-2H3,(H,20,21,23)/t16-/m0/s1. The Kier molecular flexibility index (Phi) is 4.74. The normalized spacial score (nSPS) is 15.7. The Balaban J connectivity index is 1.93. The highest BCUT2D eigenvalue weighted by atomic mass is 32.1. The summed E-state index contributed by atoms with van der Waals surface area (Å²) in [5, 5.41) is 16.4. The summed E-state index contributed by atoms with van der Waals surface area (Å²) in [4.78, 5) is 26.4. The maximum atomic E-state index is 13.4. The zero-order valence-corrected chi connectivity index (χ0v) is 16.1. The van der Waals surface area contributed by atoms with Gasteiger partial charge in [0.1, 0.15) is 11.7 Å². The van der Waals surface area contributed by atoms with Gasteiger partial charge in [-0.05, 0) is 39.4 Å². The van der Waals surface area contributed by atoms with Gasteiger partial charge in [-0.25, -0.2) is 4.79 Å². The first-order valence-electron chi connectivity index (χ1n) is 8.68. The van der Waals surface area contributed by atoms with Crippen LogP contribution in [0.5, 0.6) is 0 Å². The largest absolute Gasteiger partial charge is 0.464 e. The number of anilines is 1. The number of fused-ring (bicyclic) bond motifs is 1. The number of carbonyl (C=O) groups excluding carboxylic acids is 2. The van der Waals surface area contributed by atoms with E-state index < -0.39 is 12.0 Å². The molecule has 9 heteroatoms. The second kappa shape index (κ2) is 7.35. The summed E-state index contributed by atoms with van der Waals surface area (Å²) in [5.41, 5.74) is 2.26. The second-order valence-corrected chi connectivity index (χ2v) is 7.10. The van der Waals surface area contributed by atoms with Crippen LogP contribution in [0.25, 0.3) is 0 Å². The number of thiophene rings is 1. The topological polar surface area (TPSA) is 99.0 Å². The first-order valence-corrected chi connectivity index (χ1v) is 9.56. The van der Waals surface area contributed by atoms with Gasteiger partial charge in [-0.3, -0.25) is 4.79 Å². The molecule has 0 spiro atoms. The van der Waals surface area contributed by atoms with Crippen LogP contribution in [0.15, 0.2) is 53.0 Å². The number of carbonyl (C=O) groups is 2. The van der Waals surface area contributed by atoms with Crippen LogP contribution in [0.2, 0.25) is 0 Å². The molecule has 1 aliphatic rings. The number of ether oxygens (including phenoxy) is 1. The molecule has 0 unspecified atom stereocenters. The summed E-state index contributed by atoms with van der Waals surface area (Å²) in [6.07, 6.45) is 0.896. The predicted octanol–water partition coefficient (Wildman–Crippen LogP) is 2.62. The van der Waals surface area contributed by atoms with E-state index in [1.54, 1.807) is 12.1 Å². The summed E-state index contributed by atoms with van der Waals surface area (Å²) in [5.74, 6) is -0.648. The van der Waals surface area contributed by atoms with Crippen LogP contribution in [0.4, 0.5) is 5.95 Å². The van der Waals surface area contributed by atoms with Crippen molar-refractivity contribution in [2.75, 3.05) is 12.4 Å². The molecular formula is C19H17N5O3S. The van der Waals surface area contributed by atoms with E-state index in [1.807, 2.05) is 29.6 Å². The van der Waals surface area contributed by atoms with Crippen molar-refractivity contribution >= 4 is 29.0 Å². The van der Waals surface area contributed by atoms with E-state index in [9.17, 15) is 9.59 Å². The molecule has 3 heterocycles. The highest BCUT2D eigenvalue weighted by Gasteiger charge is 2.38. The Labute approximate surface area is 164 Å². The fourth-order valence-corrected chi connectivity index (χ4v) is 3.85. The average molecular weight is 395 g/mol. The van der Waals surface area contributed by atoms with Crippen molar-refractivity contribution in [1.82, 2.24) is 20.2 Å². The van der Waals surface area contributed by atoms with Crippen LogP contribution in [-0.4, -0.2) is 39.1 Å². The summed E-state index contributed by atoms with van der Waals surface area (Å²) < 4.78 is 6.42. The monoisotopic (exact) mass is 395 g/mol. The molecule has 28 heavy (non-hydrogen) atoms. The van der Waals surface area contributed by atoms with Gasteiger partial charge in [0.2, 0.25) is 11.7 Å². The van der Waals surface area contributed by atoms with Gasteiger partial charge in [0, 0.05) is 0 Å². The molecule has 1 aromatic carbocycles. The second-order valence-electron chi connectivity index (χ2n) is 6.16. The molecule has 1 N–H and O–H groups in total. The molecule has 1 aliphatic heterocycles. The molecule has 0 aliphatic carbocycles. The minimum absolute atomic E-state index is 0.0489. The van der Waals surface area contributed by atoms with E-state index in [0.717, 1.165) is 17.5 Å². The van der Waals surface area contributed by atoms with Crippen molar-refractivity contribution < 1.29 is 14.3 Å². The molecule has 2 aromatic heterocycles. The highest BCUT2D eigenvalue weighted by Crippen LogP contribution is 2.37. The van der Waals surface area contributed by atoms with Gasteiger partial charge >= 0.3 is 5.97 Å². The molecule has 0 saturated heterocycles. The van der Waals surface area contributed by atoms with Crippen LogP contribution in [0.1, 0.15) is 33.8 Å². The molecule has 4 rings (SSSR count). The van der Waals surface area contributed by atoms with Crippen LogP contribution < -0.4 is 5.32 Å². The minimum atomic E-state index is -0.652. The number of hydrogen-bond donors (Lipinski definition) is 1. The van der Waals surface area contributed by atoms with E-state index in [-0.39, 0.29) is 23.0 Å². The number of ketones is 1. The molecule has 0 radical (unpaired) electrons. The molecule has 142 valence electrons. The van der Waals surface area contributed by atoms with Crippen molar-refractivity contribution in [2.24, 2.45) is 0 Å². The summed E-state index contributed by atoms with van der Waals surface area (Å²) >= 11 is 1.31. The number of esters is 1. The van der Waals surface area contributed by atoms with E-state index in [4.69, 9.17) is 4.74 Å². The van der Waals surface area contributed by atoms with Gasteiger partial charge in [0.05, 0.1) is 17.6 Å². The third kappa shape index (κ3) is 2.99. The van der Waals surface area contributed by atoms with Crippen molar-refractivity contribution in [2.45, 2.75) is 19.4 Å². The number of methoxy groups -OCH3 is 1. The van der Waals surface area contributed by atoms with Gasteiger partial charge in [-0.15, -0.1) is 11.3 Å². The summed E-state index contributed by atoms with van der Waals surface area (Å²) in [7, 11) is 1.27. The number of allylic oxidation sites excluding steroid dienone is 1. The fourth-order valence-electron chi connectivity index (χ4n) is 3.17. The highest BCUT2D eigenvalue weighted by molar-refractivity contribution is 7.12. The first kappa shape index (κ1) is 18.1. The average Bonchev–Trinajstić information content (AvgIpc) is 3.43. The van der Waals surface area contributed by atoms with E-state index in [0.29, 0.717) is 4.88 Å². The molecule has 8 nitrogen and oxygen atoms in total. The van der Waals surface area contributed by atoms with Gasteiger partial charge < -0.3 is 10.1 Å². The number of benzene rings is 1. The Hall–Kier alpha value is -3.33. The quantitative estimate of drug-likeness (QED) is 0.524. The molecule has 0 amide bonds. The summed E-state index contributed by atoms with van der Waals surface area (Å²) in [6.45, 7) is 2.07. The van der Waals surface area contributed by atoms with Gasteiger partial charge in [0.25, 0.3) is 0 Å². The molecular weight excluding hydrogens is 378 g/mol. The number of tetrazole rings is 1. The van der Waals surface area contributed by atoms with E-state index >= 15 is 0 Å². The van der Waals surface area contributed by atoms with Crippen LogP contribution in [-0.2, 0) is 16.0 Å². The van der Waals surface area contributed by atoms with Crippen molar-refractivity contribution in [3.05, 3.63) is 69.1 Å². The Bertz CT molecular complexity index is 1050. The number of nitrogens with zero attached hydrogens (tertiary/aromatic N) is 4. The van der Waals surface area contributed by atoms with Crippen LogP contribution in [0, 0.1) is 0 Å². The minimum Gasteiger partial charge on any atom is -0.464 e. The lowest BCUT2D eigenvalue weighted by Crippen LogP contribution is -2.32. The Morgan fingerprint density at radius 2 is 2.04 bits per heavy atom. The third-order valence-corrected chi connectivity index (χ3v) is 5.47. The zero-order chi connectivity index (χ0) is 19.7. The zero-order valence-electron chi connectivity index (χ0n) is 15.2. The van der Waals surface area contributed by atoms with Crippen molar-refractivity contribution in [1.29, 1.82) is 0 Å². The Morgan fingerprint density at radius 3 is 2.68 bits per heavy atom. The Morgan fingerprint density at radius 1 is 1.25 bits per heavy atom. The number of Topliss-reactive ketones (excluding diaryl/α,β-unsaturated/α-hetero) is 1. The number of nitrogens with one attached hydrogen (secondary N) is 1. The van der Waals surface area contributed by atoms with E-state index in [1.165, 1.54) is 23.1 Å². The fraction of sp³-hybridized carbons (Fsp3) is 0.211. The van der Waals surface area contributed by atoms with Gasteiger partial charge in [-0.1, -0.05) is 42.4 Å². The summed E-state index contributed by atoms with van der Waals surface area (Å²) in [6, 6.07) is 10.7. The molecule has 0 saturated carbocycles. The third-order valence-electron chi connectivity index (χ3n) is 4.60. The lowest BCUT2D eigenvalue weighted by molar-refractivity contribution is -0.136. The molecule has 0 bridgehead atoms. The lowest BCUT2D eigenvalue weighted by atomic mass is 9.91. The van der Waals surface area contributed by atoms with Crippen molar-refractivity contribution in [3.63, 3.8) is 0 Å². The molecule has 1 atom stereocenters. The molecule has 3 aromatic rings. The number of aromatic nitrogens is 4. The SMILES string of the molecule is CCc1ccc([C@H]2C(C(=O)c3cccs3)=C(C(=O)OC)Nc3nnnn32)cc1. The van der Waals surface area contributed by atoms with Gasteiger partial charge in [-0.2, -0.15) is 4.68 Å². The smallest absolute Gasteiger partial charge is 0.355 e. The van der Waals surface area contributed by atoms with E-state index in [2.05, 4.69) is 27.8 Å². The van der Waals surface area contributed by atoms with Gasteiger partial charge in [0.15, 0.2) is 0 Å². The molecule has 0 fully saturated rings. The number of rotatable bonds is 5.